The standard InChI is InChI=1S/C26H34N2O3/c1-3-4-5-6-10-22(23-14-16-24(30-2)17-15-23)11-7-13-26(29)28-19-9-20-31-25-12-8-18-27-21-25/h7-8,11-18,21H,3-6,9-10,19-20H2,1-2H3,(H,28,29). The normalized spacial score (nSPS) is 11.5. The predicted molar refractivity (Wildman–Crippen MR) is 126 cm³/mol. The Hall–Kier alpha value is -3.08. The number of unbranched alkanes of at least 4 members (excludes halogenated alkanes) is 3. The maximum Gasteiger partial charge on any atom is 0.243 e. The van der Waals surface area contributed by atoms with Gasteiger partial charge in [0.2, 0.25) is 5.91 Å². The summed E-state index contributed by atoms with van der Waals surface area (Å²) in [6.45, 7) is 3.32. The first-order chi connectivity index (χ1) is 15.2. The minimum Gasteiger partial charge on any atom is -0.497 e. The van der Waals surface area contributed by atoms with Crippen LogP contribution in [0.2, 0.25) is 0 Å². The molecule has 0 atom stereocenters. The number of ether oxygens (including phenoxy) is 2. The molecule has 5 heteroatoms. The molecule has 2 rings (SSSR count). The van der Waals surface area contributed by atoms with E-state index in [0.717, 1.165) is 36.3 Å². The topological polar surface area (TPSA) is 60.5 Å². The Morgan fingerprint density at radius 3 is 2.61 bits per heavy atom. The van der Waals surface area contributed by atoms with Crippen molar-refractivity contribution >= 4 is 11.5 Å². The molecule has 0 unspecified atom stereocenters. The van der Waals surface area contributed by atoms with E-state index >= 15 is 0 Å². The highest BCUT2D eigenvalue weighted by molar-refractivity contribution is 5.88. The Morgan fingerprint density at radius 2 is 1.90 bits per heavy atom. The van der Waals surface area contributed by atoms with Crippen molar-refractivity contribution in [2.75, 3.05) is 20.3 Å². The zero-order chi connectivity index (χ0) is 22.2. The van der Waals surface area contributed by atoms with Gasteiger partial charge in [0, 0.05) is 18.8 Å². The lowest BCUT2D eigenvalue weighted by Gasteiger charge is -2.08. The number of nitrogens with one attached hydrogen (secondary N) is 1. The zero-order valence-corrected chi connectivity index (χ0v) is 18.7. The van der Waals surface area contributed by atoms with E-state index in [-0.39, 0.29) is 5.91 Å². The van der Waals surface area contributed by atoms with Gasteiger partial charge in [0.1, 0.15) is 11.5 Å². The van der Waals surface area contributed by atoms with Crippen LogP contribution in [0, 0.1) is 0 Å². The second-order valence-electron chi connectivity index (χ2n) is 7.27. The van der Waals surface area contributed by atoms with Crippen molar-refractivity contribution < 1.29 is 14.3 Å². The Morgan fingerprint density at radius 1 is 1.06 bits per heavy atom. The van der Waals surface area contributed by atoms with E-state index in [0.29, 0.717) is 13.2 Å². The lowest BCUT2D eigenvalue weighted by molar-refractivity contribution is -0.116. The Kier molecular flexibility index (Phi) is 11.6. The van der Waals surface area contributed by atoms with E-state index < -0.39 is 0 Å². The summed E-state index contributed by atoms with van der Waals surface area (Å²) >= 11 is 0. The van der Waals surface area contributed by atoms with Crippen LogP contribution in [-0.4, -0.2) is 31.2 Å². The molecule has 166 valence electrons. The largest absolute Gasteiger partial charge is 0.497 e. The molecule has 0 fully saturated rings. The molecule has 0 aliphatic rings. The number of pyridine rings is 1. The molecule has 0 aliphatic carbocycles. The van der Waals surface area contributed by atoms with Crippen LogP contribution < -0.4 is 14.8 Å². The zero-order valence-electron chi connectivity index (χ0n) is 18.7. The number of amides is 1. The Bertz CT molecular complexity index is 814. The molecule has 1 N–H and O–H groups in total. The van der Waals surface area contributed by atoms with Crippen LogP contribution in [0.5, 0.6) is 11.5 Å². The SMILES string of the molecule is CCCCCCC(=CC=CC(=O)NCCCOc1cccnc1)c1ccc(OC)cc1. The summed E-state index contributed by atoms with van der Waals surface area (Å²) in [6, 6.07) is 11.8. The van der Waals surface area contributed by atoms with Crippen LogP contribution in [0.15, 0.2) is 67.0 Å². The molecule has 31 heavy (non-hydrogen) atoms. The highest BCUT2D eigenvalue weighted by Crippen LogP contribution is 2.24. The number of allylic oxidation sites excluding steroid dienone is 3. The van der Waals surface area contributed by atoms with Gasteiger partial charge in [-0.2, -0.15) is 0 Å². The number of hydrogen-bond acceptors (Lipinski definition) is 4. The van der Waals surface area contributed by atoms with Crippen molar-refractivity contribution in [2.45, 2.75) is 45.4 Å². The first kappa shape index (κ1) is 24.2. The second-order valence-corrected chi connectivity index (χ2v) is 7.27. The maximum atomic E-state index is 12.1. The number of aromatic nitrogens is 1. The summed E-state index contributed by atoms with van der Waals surface area (Å²) in [4.78, 5) is 16.1. The summed E-state index contributed by atoms with van der Waals surface area (Å²) in [7, 11) is 1.67. The number of rotatable bonds is 14. The molecule has 2 aromatic rings. The van der Waals surface area contributed by atoms with Gasteiger partial charge in [0.15, 0.2) is 0 Å². The number of carbonyl (C=O) groups excluding carboxylic acids is 1. The minimum atomic E-state index is -0.0994. The molecule has 0 spiro atoms. The number of carbonyl (C=O) groups is 1. The number of benzene rings is 1. The smallest absolute Gasteiger partial charge is 0.243 e. The van der Waals surface area contributed by atoms with Gasteiger partial charge in [-0.15, -0.1) is 0 Å². The van der Waals surface area contributed by atoms with E-state index in [1.54, 1.807) is 25.6 Å². The van der Waals surface area contributed by atoms with Gasteiger partial charge in [-0.25, -0.2) is 0 Å². The van der Waals surface area contributed by atoms with Gasteiger partial charge < -0.3 is 14.8 Å². The van der Waals surface area contributed by atoms with E-state index in [1.807, 2.05) is 36.4 Å². The van der Waals surface area contributed by atoms with Crippen LogP contribution in [0.25, 0.3) is 5.57 Å². The molecular weight excluding hydrogens is 388 g/mol. The average molecular weight is 423 g/mol. The predicted octanol–water partition coefficient (Wildman–Crippen LogP) is 5.59. The molecule has 0 aliphatic heterocycles. The molecule has 1 amide bonds. The summed E-state index contributed by atoms with van der Waals surface area (Å²) in [5.41, 5.74) is 2.39. The third-order valence-electron chi connectivity index (χ3n) is 4.83. The molecule has 1 aromatic carbocycles. The van der Waals surface area contributed by atoms with E-state index in [1.165, 1.54) is 24.8 Å². The molecule has 0 saturated carbocycles. The molecular formula is C26H34N2O3. The fourth-order valence-corrected chi connectivity index (χ4v) is 3.09. The number of nitrogens with zero attached hydrogens (tertiary/aromatic N) is 1. The highest BCUT2D eigenvalue weighted by atomic mass is 16.5. The number of methoxy groups -OCH3 is 1. The van der Waals surface area contributed by atoms with Gasteiger partial charge in [-0.1, -0.05) is 50.5 Å². The maximum absolute atomic E-state index is 12.1. The van der Waals surface area contributed by atoms with Crippen molar-refractivity contribution in [3.8, 4) is 11.5 Å². The highest BCUT2D eigenvalue weighted by Gasteiger charge is 2.02. The molecule has 0 saturated heterocycles. The van der Waals surface area contributed by atoms with Gasteiger partial charge >= 0.3 is 0 Å². The van der Waals surface area contributed by atoms with Gasteiger partial charge in [0.25, 0.3) is 0 Å². The van der Waals surface area contributed by atoms with Gasteiger partial charge in [-0.3, -0.25) is 9.78 Å². The monoisotopic (exact) mass is 422 g/mol. The lowest BCUT2D eigenvalue weighted by Crippen LogP contribution is -2.23. The molecule has 0 radical (unpaired) electrons. The van der Waals surface area contributed by atoms with Crippen LogP contribution in [-0.2, 0) is 4.79 Å². The van der Waals surface area contributed by atoms with Crippen LogP contribution >= 0.6 is 0 Å². The van der Waals surface area contributed by atoms with Crippen molar-refractivity contribution in [1.29, 1.82) is 0 Å². The third-order valence-corrected chi connectivity index (χ3v) is 4.83. The molecule has 1 aromatic heterocycles. The summed E-state index contributed by atoms with van der Waals surface area (Å²) < 4.78 is 10.8. The second kappa shape index (κ2) is 14.8. The van der Waals surface area contributed by atoms with E-state index in [4.69, 9.17) is 9.47 Å². The quantitative estimate of drug-likeness (QED) is 0.245. The first-order valence-corrected chi connectivity index (χ1v) is 11.0. The lowest BCUT2D eigenvalue weighted by atomic mass is 9.98. The van der Waals surface area contributed by atoms with E-state index in [2.05, 4.69) is 29.4 Å². The molecule has 1 heterocycles. The first-order valence-electron chi connectivity index (χ1n) is 11.0. The average Bonchev–Trinajstić information content (AvgIpc) is 2.81. The Balaban J connectivity index is 1.81. The van der Waals surface area contributed by atoms with Crippen molar-refractivity contribution in [1.82, 2.24) is 10.3 Å². The fraction of sp³-hybridized carbons (Fsp3) is 0.385. The summed E-state index contributed by atoms with van der Waals surface area (Å²) in [5, 5.41) is 2.89. The molecule has 0 bridgehead atoms. The third kappa shape index (κ3) is 9.98. The van der Waals surface area contributed by atoms with Crippen LogP contribution in [0.1, 0.15) is 51.0 Å². The summed E-state index contributed by atoms with van der Waals surface area (Å²) in [6.07, 6.45) is 15.4. The Labute approximate surface area is 186 Å². The van der Waals surface area contributed by atoms with Crippen LogP contribution in [0.3, 0.4) is 0 Å². The van der Waals surface area contributed by atoms with Crippen molar-refractivity contribution in [2.24, 2.45) is 0 Å². The van der Waals surface area contributed by atoms with Gasteiger partial charge in [0.05, 0.1) is 19.9 Å². The van der Waals surface area contributed by atoms with Gasteiger partial charge in [-0.05, 0) is 54.7 Å². The van der Waals surface area contributed by atoms with Crippen molar-refractivity contribution in [3.63, 3.8) is 0 Å². The minimum absolute atomic E-state index is 0.0994. The molecule has 5 nitrogen and oxygen atoms in total. The number of hydrogen-bond donors (Lipinski definition) is 1. The van der Waals surface area contributed by atoms with Crippen LogP contribution in [0.4, 0.5) is 0 Å². The summed E-state index contributed by atoms with van der Waals surface area (Å²) in [5.74, 6) is 1.48. The fourth-order valence-electron chi connectivity index (χ4n) is 3.09. The van der Waals surface area contributed by atoms with Crippen molar-refractivity contribution in [3.05, 3.63) is 72.6 Å². The van der Waals surface area contributed by atoms with E-state index in [9.17, 15) is 4.79 Å².